The molecule has 0 radical (unpaired) electrons. The zero-order chi connectivity index (χ0) is 16.2. The van der Waals surface area contributed by atoms with Crippen molar-refractivity contribution in [1.29, 1.82) is 0 Å². The van der Waals surface area contributed by atoms with Gasteiger partial charge in [-0.1, -0.05) is 0 Å². The third kappa shape index (κ3) is 5.00. The maximum absolute atomic E-state index is 12.3. The molecule has 8 heteroatoms. The summed E-state index contributed by atoms with van der Waals surface area (Å²) in [4.78, 5) is 14.1. The number of nitrogens with zero attached hydrogens (tertiary/aromatic N) is 1. The Morgan fingerprint density at radius 1 is 1.43 bits per heavy atom. The van der Waals surface area contributed by atoms with Gasteiger partial charge in [0.1, 0.15) is 5.75 Å². The number of hydrogen-bond donors (Lipinski definition) is 2. The number of ether oxygens (including phenoxy) is 1. The highest BCUT2D eigenvalue weighted by Crippen LogP contribution is 2.22. The zero-order valence-corrected chi connectivity index (χ0v) is 13.4. The van der Waals surface area contributed by atoms with E-state index < -0.39 is 15.9 Å². The summed E-state index contributed by atoms with van der Waals surface area (Å²) in [6, 6.07) is 3.82. The van der Waals surface area contributed by atoms with E-state index in [1.165, 1.54) is 25.3 Å². The van der Waals surface area contributed by atoms with E-state index in [1.54, 1.807) is 0 Å². The first-order valence-corrected chi connectivity index (χ1v) is 7.86. The molecule has 118 valence electrons. The molecule has 1 aromatic carbocycles. The lowest BCUT2D eigenvalue weighted by molar-refractivity contribution is 0.0931. The number of carbonyl (C=O) groups is 1. The van der Waals surface area contributed by atoms with Gasteiger partial charge in [-0.05, 0) is 39.2 Å². The van der Waals surface area contributed by atoms with Crippen LogP contribution < -0.4 is 15.2 Å². The molecule has 0 aliphatic carbocycles. The lowest BCUT2D eigenvalue weighted by atomic mass is 10.1. The molecule has 0 saturated heterocycles. The van der Waals surface area contributed by atoms with Gasteiger partial charge < -0.3 is 15.0 Å². The van der Waals surface area contributed by atoms with Crippen molar-refractivity contribution in [3.63, 3.8) is 0 Å². The minimum absolute atomic E-state index is 0.102. The standard InChI is InChI=1S/C13H21N3O4S/c1-9(8-16(2)3)15-13(17)11-7-10(21(14,18)19)5-6-12(11)20-4/h5-7,9H,8H2,1-4H3,(H,15,17)(H2,14,18,19)/t9-/m0/s1. The van der Waals surface area contributed by atoms with Crippen molar-refractivity contribution >= 4 is 15.9 Å². The van der Waals surface area contributed by atoms with Crippen molar-refractivity contribution in [2.24, 2.45) is 5.14 Å². The van der Waals surface area contributed by atoms with Crippen LogP contribution in [-0.2, 0) is 10.0 Å². The maximum Gasteiger partial charge on any atom is 0.255 e. The summed E-state index contributed by atoms with van der Waals surface area (Å²) in [6.45, 7) is 2.51. The molecule has 0 spiro atoms. The summed E-state index contributed by atoms with van der Waals surface area (Å²) in [5.74, 6) is -0.122. The fourth-order valence-electron chi connectivity index (χ4n) is 1.94. The van der Waals surface area contributed by atoms with Crippen LogP contribution in [0.25, 0.3) is 0 Å². The molecule has 0 aliphatic heterocycles. The third-order valence-electron chi connectivity index (χ3n) is 2.76. The molecule has 1 aromatic rings. The predicted octanol–water partition coefficient (Wildman–Crippen LogP) is 0.0225. The molecule has 1 atom stereocenters. The number of amides is 1. The minimum atomic E-state index is -3.88. The third-order valence-corrected chi connectivity index (χ3v) is 3.67. The zero-order valence-electron chi connectivity index (χ0n) is 12.6. The fourth-order valence-corrected chi connectivity index (χ4v) is 2.48. The first-order chi connectivity index (χ1) is 9.65. The van der Waals surface area contributed by atoms with E-state index in [4.69, 9.17) is 9.88 Å². The summed E-state index contributed by atoms with van der Waals surface area (Å²) in [5, 5.41) is 7.86. The van der Waals surface area contributed by atoms with Gasteiger partial charge in [0.2, 0.25) is 10.0 Å². The Bertz CT molecular complexity index is 614. The van der Waals surface area contributed by atoms with Crippen LogP contribution in [0.3, 0.4) is 0 Å². The number of hydrogen-bond acceptors (Lipinski definition) is 5. The SMILES string of the molecule is COc1ccc(S(N)(=O)=O)cc1C(=O)N[C@@H](C)CN(C)C. The molecule has 0 heterocycles. The number of methoxy groups -OCH3 is 1. The van der Waals surface area contributed by atoms with E-state index in [0.29, 0.717) is 6.54 Å². The second-order valence-electron chi connectivity index (χ2n) is 5.04. The van der Waals surface area contributed by atoms with Crippen molar-refractivity contribution < 1.29 is 17.9 Å². The summed E-state index contributed by atoms with van der Waals surface area (Å²) >= 11 is 0. The summed E-state index contributed by atoms with van der Waals surface area (Å²) in [5.41, 5.74) is 0.134. The van der Waals surface area contributed by atoms with E-state index in [1.807, 2.05) is 25.9 Å². The molecule has 1 amide bonds. The second kappa shape index (κ2) is 6.88. The van der Waals surface area contributed by atoms with Crippen LogP contribution in [0.2, 0.25) is 0 Å². The van der Waals surface area contributed by atoms with Gasteiger partial charge in [0.15, 0.2) is 0 Å². The highest BCUT2D eigenvalue weighted by Gasteiger charge is 2.18. The average Bonchev–Trinajstić information content (AvgIpc) is 2.35. The summed E-state index contributed by atoms with van der Waals surface area (Å²) in [7, 11) is 1.32. The van der Waals surface area contributed by atoms with Crippen LogP contribution in [0.1, 0.15) is 17.3 Å². The number of sulfonamides is 1. The van der Waals surface area contributed by atoms with Crippen LogP contribution in [0.5, 0.6) is 5.75 Å². The molecular weight excluding hydrogens is 294 g/mol. The van der Waals surface area contributed by atoms with Crippen LogP contribution in [0.4, 0.5) is 0 Å². The van der Waals surface area contributed by atoms with Gasteiger partial charge in [-0.15, -0.1) is 0 Å². The Morgan fingerprint density at radius 2 is 2.05 bits per heavy atom. The fraction of sp³-hybridized carbons (Fsp3) is 0.462. The molecule has 21 heavy (non-hydrogen) atoms. The van der Waals surface area contributed by atoms with Crippen molar-refractivity contribution in [3.05, 3.63) is 23.8 Å². The van der Waals surface area contributed by atoms with Gasteiger partial charge in [-0.2, -0.15) is 0 Å². The van der Waals surface area contributed by atoms with Crippen LogP contribution in [0, 0.1) is 0 Å². The summed E-state index contributed by atoms with van der Waals surface area (Å²) in [6.07, 6.45) is 0. The van der Waals surface area contributed by atoms with E-state index in [0.717, 1.165) is 0 Å². The lowest BCUT2D eigenvalue weighted by Crippen LogP contribution is -2.39. The molecule has 0 bridgehead atoms. The van der Waals surface area contributed by atoms with Gasteiger partial charge in [-0.25, -0.2) is 13.6 Å². The summed E-state index contributed by atoms with van der Waals surface area (Å²) < 4.78 is 27.8. The normalized spacial score (nSPS) is 13.0. The number of benzene rings is 1. The van der Waals surface area contributed by atoms with Gasteiger partial charge >= 0.3 is 0 Å². The maximum atomic E-state index is 12.3. The van der Waals surface area contributed by atoms with Gasteiger partial charge in [0.25, 0.3) is 5.91 Å². The first kappa shape index (κ1) is 17.4. The molecule has 7 nitrogen and oxygen atoms in total. The smallest absolute Gasteiger partial charge is 0.255 e. The number of primary sulfonamides is 1. The van der Waals surface area contributed by atoms with Crippen molar-refractivity contribution in [3.8, 4) is 5.75 Å². The van der Waals surface area contributed by atoms with Gasteiger partial charge in [0, 0.05) is 12.6 Å². The number of likely N-dealkylation sites (N-methyl/N-ethyl adjacent to an activating group) is 1. The Kier molecular flexibility index (Phi) is 5.70. The average molecular weight is 315 g/mol. The van der Waals surface area contributed by atoms with Gasteiger partial charge in [0.05, 0.1) is 17.6 Å². The van der Waals surface area contributed by atoms with Crippen molar-refractivity contribution in [2.75, 3.05) is 27.7 Å². The molecule has 0 saturated carbocycles. The first-order valence-electron chi connectivity index (χ1n) is 6.31. The van der Waals surface area contributed by atoms with Crippen LogP contribution in [-0.4, -0.2) is 53.0 Å². The molecule has 1 rings (SSSR count). The molecular formula is C13H21N3O4S. The Hall–Kier alpha value is -1.64. The molecule has 0 fully saturated rings. The monoisotopic (exact) mass is 315 g/mol. The lowest BCUT2D eigenvalue weighted by Gasteiger charge is -2.19. The number of nitrogens with one attached hydrogen (secondary N) is 1. The number of rotatable bonds is 6. The Morgan fingerprint density at radius 3 is 2.52 bits per heavy atom. The Labute approximate surface area is 125 Å². The van der Waals surface area contributed by atoms with E-state index in [2.05, 4.69) is 5.32 Å². The van der Waals surface area contributed by atoms with Crippen LogP contribution in [0.15, 0.2) is 23.1 Å². The largest absolute Gasteiger partial charge is 0.496 e. The topological polar surface area (TPSA) is 102 Å². The van der Waals surface area contributed by atoms with Crippen molar-refractivity contribution in [1.82, 2.24) is 10.2 Å². The molecule has 0 unspecified atom stereocenters. The molecule has 3 N–H and O–H groups in total. The molecule has 0 aliphatic rings. The van der Waals surface area contributed by atoms with Crippen LogP contribution >= 0.6 is 0 Å². The highest BCUT2D eigenvalue weighted by molar-refractivity contribution is 7.89. The van der Waals surface area contributed by atoms with E-state index in [9.17, 15) is 13.2 Å². The second-order valence-corrected chi connectivity index (χ2v) is 6.61. The van der Waals surface area contributed by atoms with Crippen molar-refractivity contribution in [2.45, 2.75) is 17.9 Å². The quantitative estimate of drug-likeness (QED) is 0.771. The number of nitrogens with two attached hydrogens (primary N) is 1. The molecule has 0 aromatic heterocycles. The highest BCUT2D eigenvalue weighted by atomic mass is 32.2. The van der Waals surface area contributed by atoms with Gasteiger partial charge in [-0.3, -0.25) is 4.79 Å². The number of carbonyl (C=O) groups excluding carboxylic acids is 1. The van der Waals surface area contributed by atoms with E-state index >= 15 is 0 Å². The van der Waals surface area contributed by atoms with E-state index in [-0.39, 0.29) is 22.3 Å². The Balaban J connectivity index is 3.07. The predicted molar refractivity (Wildman–Crippen MR) is 79.8 cm³/mol. The minimum Gasteiger partial charge on any atom is -0.496 e.